The van der Waals surface area contributed by atoms with Crippen molar-refractivity contribution in [1.82, 2.24) is 0 Å². The maximum absolute atomic E-state index is 11.3. The molecule has 0 bridgehead atoms. The summed E-state index contributed by atoms with van der Waals surface area (Å²) in [5.41, 5.74) is 1.98. The summed E-state index contributed by atoms with van der Waals surface area (Å²) in [5, 5.41) is 21.5. The lowest BCUT2D eigenvalue weighted by Gasteiger charge is -2.59. The van der Waals surface area contributed by atoms with Crippen LogP contribution in [0.1, 0.15) is 99.3 Å². The Morgan fingerprint density at radius 1 is 0.933 bits per heavy atom. The molecule has 0 aromatic heterocycles. The number of aliphatic hydroxyl groups excluding tert-OH is 2. The van der Waals surface area contributed by atoms with Gasteiger partial charge in [0.15, 0.2) is 0 Å². The fourth-order valence-electron chi connectivity index (χ4n) is 8.67. The van der Waals surface area contributed by atoms with Crippen molar-refractivity contribution in [3.63, 3.8) is 0 Å². The first-order valence-corrected chi connectivity index (χ1v) is 13.1. The normalized spacial score (nSPS) is 47.8. The van der Waals surface area contributed by atoms with Crippen LogP contribution >= 0.6 is 0 Å². The van der Waals surface area contributed by atoms with Crippen LogP contribution in [0.25, 0.3) is 0 Å². The van der Waals surface area contributed by atoms with Crippen LogP contribution in [-0.4, -0.2) is 22.4 Å². The zero-order valence-corrected chi connectivity index (χ0v) is 20.5. The molecule has 0 radical (unpaired) electrons. The minimum absolute atomic E-state index is 0.202. The molecule has 2 nitrogen and oxygen atoms in total. The molecule has 0 aromatic rings. The van der Waals surface area contributed by atoms with Crippen LogP contribution < -0.4 is 0 Å². The molecule has 2 N–H and O–H groups in total. The third kappa shape index (κ3) is 3.62. The molecular weight excluding hydrogens is 368 g/mol. The Bertz CT molecular complexity index is 653. The lowest BCUT2D eigenvalue weighted by Crippen LogP contribution is -2.54. The van der Waals surface area contributed by atoms with Gasteiger partial charge in [0.25, 0.3) is 0 Å². The van der Waals surface area contributed by atoms with Gasteiger partial charge in [-0.2, -0.15) is 0 Å². The Balaban J connectivity index is 1.53. The van der Waals surface area contributed by atoms with E-state index in [1.807, 2.05) is 0 Å². The van der Waals surface area contributed by atoms with Crippen LogP contribution in [0, 0.1) is 52.3 Å². The van der Waals surface area contributed by atoms with Crippen LogP contribution in [0.3, 0.4) is 0 Å². The van der Waals surface area contributed by atoms with Gasteiger partial charge < -0.3 is 10.2 Å². The zero-order valence-electron chi connectivity index (χ0n) is 20.5. The molecule has 0 amide bonds. The summed E-state index contributed by atoms with van der Waals surface area (Å²) in [6, 6.07) is 0. The number of hydrogen-bond donors (Lipinski definition) is 2. The molecule has 4 aliphatic carbocycles. The monoisotopic (exact) mass is 416 g/mol. The second kappa shape index (κ2) is 8.22. The fraction of sp³-hybridized carbons (Fsp3) is 0.929. The second-order valence-electron chi connectivity index (χ2n) is 12.8. The van der Waals surface area contributed by atoms with Crippen LogP contribution in [-0.2, 0) is 0 Å². The summed E-state index contributed by atoms with van der Waals surface area (Å²) < 4.78 is 0. The highest BCUT2D eigenvalue weighted by Gasteiger charge is 2.61. The van der Waals surface area contributed by atoms with E-state index in [2.05, 4.69) is 47.6 Å². The third-order valence-corrected chi connectivity index (χ3v) is 11.1. The van der Waals surface area contributed by atoms with Crippen molar-refractivity contribution in [3.05, 3.63) is 11.6 Å². The lowest BCUT2D eigenvalue weighted by atomic mass is 9.46. The zero-order chi connectivity index (χ0) is 21.8. The topological polar surface area (TPSA) is 40.5 Å². The quantitative estimate of drug-likeness (QED) is 0.495. The van der Waals surface area contributed by atoms with Crippen molar-refractivity contribution in [2.24, 2.45) is 52.3 Å². The number of hydrogen-bond acceptors (Lipinski definition) is 2. The molecule has 0 saturated heterocycles. The van der Waals surface area contributed by atoms with Crippen LogP contribution in [0.15, 0.2) is 11.6 Å². The minimum Gasteiger partial charge on any atom is -0.393 e. The Labute approximate surface area is 185 Å². The SMILES string of the molecule is CC(C)C(C)CCC(C)C1CCC2C3C(O)C=C4CC(O)CC[C@]4(C)C3CC[C@]12C. The van der Waals surface area contributed by atoms with Crippen molar-refractivity contribution in [1.29, 1.82) is 0 Å². The average Bonchev–Trinajstić information content (AvgIpc) is 3.04. The number of rotatable bonds is 5. The van der Waals surface area contributed by atoms with E-state index >= 15 is 0 Å². The highest BCUT2D eigenvalue weighted by atomic mass is 16.3. The smallest absolute Gasteiger partial charge is 0.0757 e. The first-order valence-electron chi connectivity index (χ1n) is 13.1. The van der Waals surface area contributed by atoms with E-state index in [-0.39, 0.29) is 17.6 Å². The maximum atomic E-state index is 11.3. The summed E-state index contributed by atoms with van der Waals surface area (Å²) in [7, 11) is 0. The standard InChI is InChI=1S/C28H48O2/c1-17(2)18(3)7-8-19(4)22-9-10-23-26-24(12-14-28(22,23)6)27(5)13-11-21(29)15-20(27)16-25(26)30/h16-19,21-26,29-30H,7-15H2,1-6H3/t18?,19?,21?,22?,23?,24?,25?,26?,27-,28+/m0/s1. The van der Waals surface area contributed by atoms with Crippen LogP contribution in [0.4, 0.5) is 0 Å². The van der Waals surface area contributed by atoms with Gasteiger partial charge in [0.1, 0.15) is 0 Å². The van der Waals surface area contributed by atoms with Crippen LogP contribution in [0.2, 0.25) is 0 Å². The van der Waals surface area contributed by atoms with Gasteiger partial charge in [-0.05, 0) is 97.2 Å². The van der Waals surface area contributed by atoms with E-state index in [1.165, 1.54) is 44.1 Å². The Morgan fingerprint density at radius 2 is 1.67 bits per heavy atom. The van der Waals surface area contributed by atoms with E-state index in [9.17, 15) is 10.2 Å². The predicted octanol–water partition coefficient (Wildman–Crippen LogP) is 6.61. The molecule has 0 heterocycles. The van der Waals surface area contributed by atoms with Crippen molar-refractivity contribution >= 4 is 0 Å². The van der Waals surface area contributed by atoms with E-state index < -0.39 is 0 Å². The summed E-state index contributed by atoms with van der Waals surface area (Å²) in [6.07, 6.45) is 12.5. The molecule has 8 unspecified atom stereocenters. The lowest BCUT2D eigenvalue weighted by molar-refractivity contribution is -0.0971. The van der Waals surface area contributed by atoms with Gasteiger partial charge in [0.2, 0.25) is 0 Å². The Morgan fingerprint density at radius 3 is 2.37 bits per heavy atom. The Hall–Kier alpha value is -0.340. The van der Waals surface area contributed by atoms with Gasteiger partial charge in [-0.3, -0.25) is 0 Å². The number of aliphatic hydroxyl groups is 2. The summed E-state index contributed by atoms with van der Waals surface area (Å²) in [4.78, 5) is 0. The molecule has 4 aliphatic rings. The van der Waals surface area contributed by atoms with Crippen molar-refractivity contribution in [3.8, 4) is 0 Å². The van der Waals surface area contributed by atoms with Crippen molar-refractivity contribution in [2.45, 2.75) is 112 Å². The molecule has 2 heteroatoms. The number of fused-ring (bicyclic) bond motifs is 5. The van der Waals surface area contributed by atoms with Gasteiger partial charge in [-0.25, -0.2) is 0 Å². The van der Waals surface area contributed by atoms with E-state index in [0.29, 0.717) is 23.2 Å². The van der Waals surface area contributed by atoms with Crippen LogP contribution in [0.5, 0.6) is 0 Å². The minimum atomic E-state index is -0.303. The molecule has 0 aromatic carbocycles. The van der Waals surface area contributed by atoms with Gasteiger partial charge in [0, 0.05) is 0 Å². The third-order valence-electron chi connectivity index (χ3n) is 11.1. The molecule has 10 atom stereocenters. The molecule has 172 valence electrons. The molecule has 4 rings (SSSR count). The van der Waals surface area contributed by atoms with E-state index in [0.717, 1.165) is 42.9 Å². The molecule has 0 aliphatic heterocycles. The van der Waals surface area contributed by atoms with Crippen molar-refractivity contribution < 1.29 is 10.2 Å². The van der Waals surface area contributed by atoms with Gasteiger partial charge >= 0.3 is 0 Å². The fourth-order valence-corrected chi connectivity index (χ4v) is 8.67. The van der Waals surface area contributed by atoms with Gasteiger partial charge in [-0.15, -0.1) is 0 Å². The average molecular weight is 417 g/mol. The molecule has 3 saturated carbocycles. The molecule has 0 spiro atoms. The largest absolute Gasteiger partial charge is 0.393 e. The van der Waals surface area contributed by atoms with Gasteiger partial charge in [-0.1, -0.05) is 66.0 Å². The summed E-state index contributed by atoms with van der Waals surface area (Å²) in [6.45, 7) is 14.7. The maximum Gasteiger partial charge on any atom is 0.0757 e. The second-order valence-corrected chi connectivity index (χ2v) is 12.8. The molecular formula is C28H48O2. The highest BCUT2D eigenvalue weighted by molar-refractivity contribution is 5.27. The van der Waals surface area contributed by atoms with Gasteiger partial charge in [0.05, 0.1) is 12.2 Å². The molecule has 30 heavy (non-hydrogen) atoms. The highest BCUT2D eigenvalue weighted by Crippen LogP contribution is 2.67. The predicted molar refractivity (Wildman–Crippen MR) is 125 cm³/mol. The van der Waals surface area contributed by atoms with E-state index in [1.54, 1.807) is 0 Å². The van der Waals surface area contributed by atoms with E-state index in [4.69, 9.17) is 0 Å². The first-order chi connectivity index (χ1) is 14.1. The summed E-state index contributed by atoms with van der Waals surface area (Å²) >= 11 is 0. The van der Waals surface area contributed by atoms with Crippen molar-refractivity contribution in [2.75, 3.05) is 0 Å². The molecule has 3 fully saturated rings. The first kappa shape index (κ1) is 22.8. The summed E-state index contributed by atoms with van der Waals surface area (Å²) in [5.74, 6) is 4.92. The Kier molecular flexibility index (Phi) is 6.26.